The molecule has 122 valence electrons. The Morgan fingerprint density at radius 1 is 1.27 bits per heavy atom. The molecule has 2 rings (SSSR count). The topological polar surface area (TPSA) is 29.1 Å². The summed E-state index contributed by atoms with van der Waals surface area (Å²) in [5.74, 6) is 0.704. The van der Waals surface area contributed by atoms with E-state index >= 15 is 0 Å². The highest BCUT2D eigenvalue weighted by atomic mass is 35.5. The molecule has 1 aliphatic rings. The standard InChI is InChI=1S/C17H23Cl2NOS/c1-11(2)5-8-17(6-3-4-7-17)16(21)20-14-9-12(18)13(19)10-15(14)22/h9-11,22H,3-8H2,1-2H3,(H,20,21). The van der Waals surface area contributed by atoms with Crippen molar-refractivity contribution >= 4 is 47.4 Å². The Kier molecular flexibility index (Phi) is 6.09. The van der Waals surface area contributed by atoms with Crippen molar-refractivity contribution in [1.82, 2.24) is 0 Å². The largest absolute Gasteiger partial charge is 0.325 e. The van der Waals surface area contributed by atoms with Crippen LogP contribution >= 0.6 is 35.8 Å². The van der Waals surface area contributed by atoms with E-state index in [0.717, 1.165) is 38.5 Å². The number of hydrogen-bond acceptors (Lipinski definition) is 2. The minimum absolute atomic E-state index is 0.0966. The van der Waals surface area contributed by atoms with Crippen molar-refractivity contribution in [3.63, 3.8) is 0 Å². The zero-order chi connectivity index (χ0) is 16.3. The second-order valence-corrected chi connectivity index (χ2v) is 7.95. The van der Waals surface area contributed by atoms with Gasteiger partial charge in [0.15, 0.2) is 0 Å². The average Bonchev–Trinajstić information content (AvgIpc) is 2.92. The molecule has 5 heteroatoms. The summed E-state index contributed by atoms with van der Waals surface area (Å²) in [6.07, 6.45) is 6.20. The van der Waals surface area contributed by atoms with Crippen LogP contribution in [0.2, 0.25) is 10.0 Å². The summed E-state index contributed by atoms with van der Waals surface area (Å²) in [5.41, 5.74) is 0.398. The van der Waals surface area contributed by atoms with Gasteiger partial charge in [0.25, 0.3) is 0 Å². The molecule has 22 heavy (non-hydrogen) atoms. The molecule has 1 amide bonds. The first-order valence-corrected chi connectivity index (χ1v) is 9.04. The number of rotatable bonds is 5. The lowest BCUT2D eigenvalue weighted by atomic mass is 9.79. The molecule has 0 aromatic heterocycles. The van der Waals surface area contributed by atoms with Gasteiger partial charge >= 0.3 is 0 Å². The molecule has 0 radical (unpaired) electrons. The first kappa shape index (κ1) is 18.0. The number of benzene rings is 1. The van der Waals surface area contributed by atoms with Gasteiger partial charge in [0.2, 0.25) is 5.91 Å². The monoisotopic (exact) mass is 359 g/mol. The molecule has 1 aromatic carbocycles. The number of halogens is 2. The number of nitrogens with one attached hydrogen (secondary N) is 1. The maximum atomic E-state index is 12.9. The second kappa shape index (κ2) is 7.46. The van der Waals surface area contributed by atoms with Gasteiger partial charge in [-0.15, -0.1) is 12.6 Å². The van der Waals surface area contributed by atoms with Crippen molar-refractivity contribution < 1.29 is 4.79 Å². The molecule has 0 atom stereocenters. The highest BCUT2D eigenvalue weighted by molar-refractivity contribution is 7.80. The van der Waals surface area contributed by atoms with Crippen LogP contribution in [-0.4, -0.2) is 5.91 Å². The van der Waals surface area contributed by atoms with Gasteiger partial charge in [0.1, 0.15) is 0 Å². The molecule has 0 heterocycles. The summed E-state index contributed by atoms with van der Waals surface area (Å²) in [5, 5.41) is 3.90. The summed E-state index contributed by atoms with van der Waals surface area (Å²) < 4.78 is 0. The fourth-order valence-corrected chi connectivity index (χ4v) is 3.75. The molecule has 2 nitrogen and oxygen atoms in total. The molecule has 0 aliphatic heterocycles. The molecule has 0 bridgehead atoms. The van der Waals surface area contributed by atoms with Crippen LogP contribution in [0.15, 0.2) is 17.0 Å². The van der Waals surface area contributed by atoms with Crippen molar-refractivity contribution in [3.8, 4) is 0 Å². The predicted octanol–water partition coefficient (Wildman–Crippen LogP) is 6.22. The first-order valence-electron chi connectivity index (χ1n) is 7.83. The Morgan fingerprint density at radius 3 is 2.45 bits per heavy atom. The van der Waals surface area contributed by atoms with E-state index in [-0.39, 0.29) is 11.3 Å². The Bertz CT molecular complexity index is 554. The van der Waals surface area contributed by atoms with E-state index in [1.54, 1.807) is 12.1 Å². The summed E-state index contributed by atoms with van der Waals surface area (Å²) in [4.78, 5) is 13.5. The zero-order valence-corrected chi connectivity index (χ0v) is 15.5. The second-order valence-electron chi connectivity index (χ2n) is 6.66. The lowest BCUT2D eigenvalue weighted by Gasteiger charge is -2.29. The molecule has 1 N–H and O–H groups in total. The molecular weight excluding hydrogens is 337 g/mol. The van der Waals surface area contributed by atoms with Gasteiger partial charge in [0, 0.05) is 10.3 Å². The van der Waals surface area contributed by atoms with Crippen molar-refractivity contribution in [3.05, 3.63) is 22.2 Å². The molecule has 1 aliphatic carbocycles. The Hall–Kier alpha value is -0.380. The lowest BCUT2D eigenvalue weighted by molar-refractivity contribution is -0.125. The third-order valence-corrected chi connectivity index (χ3v) is 5.62. The third-order valence-electron chi connectivity index (χ3n) is 4.53. The molecule has 1 aromatic rings. The average molecular weight is 360 g/mol. The summed E-state index contributed by atoms with van der Waals surface area (Å²) in [6.45, 7) is 4.40. The van der Waals surface area contributed by atoms with Gasteiger partial charge in [-0.25, -0.2) is 0 Å². The summed E-state index contributed by atoms with van der Waals surface area (Å²) in [7, 11) is 0. The highest BCUT2D eigenvalue weighted by Crippen LogP contribution is 2.44. The number of amides is 1. The fraction of sp³-hybridized carbons (Fsp3) is 0.588. The number of anilines is 1. The van der Waals surface area contributed by atoms with E-state index in [9.17, 15) is 4.79 Å². The van der Waals surface area contributed by atoms with Crippen molar-refractivity contribution in [2.24, 2.45) is 11.3 Å². The molecule has 0 saturated heterocycles. The van der Waals surface area contributed by atoms with Crippen LogP contribution in [0.4, 0.5) is 5.69 Å². The number of carbonyl (C=O) groups excluding carboxylic acids is 1. The molecule has 1 fully saturated rings. The Morgan fingerprint density at radius 2 is 1.86 bits per heavy atom. The minimum Gasteiger partial charge on any atom is -0.325 e. The fourth-order valence-electron chi connectivity index (χ4n) is 3.10. The van der Waals surface area contributed by atoms with Gasteiger partial charge in [0.05, 0.1) is 15.7 Å². The smallest absolute Gasteiger partial charge is 0.230 e. The number of thiol groups is 1. The van der Waals surface area contributed by atoms with E-state index in [1.165, 1.54) is 0 Å². The maximum Gasteiger partial charge on any atom is 0.230 e. The zero-order valence-electron chi connectivity index (χ0n) is 13.1. The number of carbonyl (C=O) groups is 1. The van der Waals surface area contributed by atoms with Crippen LogP contribution in [0.25, 0.3) is 0 Å². The van der Waals surface area contributed by atoms with Gasteiger partial charge in [-0.05, 0) is 43.7 Å². The van der Waals surface area contributed by atoms with Crippen molar-refractivity contribution in [2.45, 2.75) is 57.3 Å². The van der Waals surface area contributed by atoms with Gasteiger partial charge in [-0.3, -0.25) is 4.79 Å². The van der Waals surface area contributed by atoms with Crippen LogP contribution in [0.3, 0.4) is 0 Å². The van der Waals surface area contributed by atoms with E-state index in [1.807, 2.05) is 0 Å². The predicted molar refractivity (Wildman–Crippen MR) is 97.3 cm³/mol. The highest BCUT2D eigenvalue weighted by Gasteiger charge is 2.40. The quantitative estimate of drug-likeness (QED) is 0.600. The van der Waals surface area contributed by atoms with E-state index in [2.05, 4.69) is 31.8 Å². The van der Waals surface area contributed by atoms with Crippen molar-refractivity contribution in [1.29, 1.82) is 0 Å². The van der Waals surface area contributed by atoms with Crippen LogP contribution in [0.5, 0.6) is 0 Å². The summed E-state index contributed by atoms with van der Waals surface area (Å²) >= 11 is 16.4. The van der Waals surface area contributed by atoms with E-state index in [4.69, 9.17) is 23.2 Å². The van der Waals surface area contributed by atoms with Crippen LogP contribution in [0, 0.1) is 11.3 Å². The molecule has 0 unspecified atom stereocenters. The van der Waals surface area contributed by atoms with Gasteiger partial charge in [-0.1, -0.05) is 49.9 Å². The van der Waals surface area contributed by atoms with Crippen LogP contribution in [0.1, 0.15) is 52.4 Å². The molecular formula is C17H23Cl2NOS. The maximum absolute atomic E-state index is 12.9. The minimum atomic E-state index is -0.239. The number of hydrogen-bond donors (Lipinski definition) is 2. The van der Waals surface area contributed by atoms with Gasteiger partial charge in [-0.2, -0.15) is 0 Å². The van der Waals surface area contributed by atoms with Crippen molar-refractivity contribution in [2.75, 3.05) is 5.32 Å². The van der Waals surface area contributed by atoms with Crippen LogP contribution in [-0.2, 0) is 4.79 Å². The third kappa shape index (κ3) is 4.12. The Balaban J connectivity index is 2.16. The Labute approximate surface area is 148 Å². The van der Waals surface area contributed by atoms with E-state index < -0.39 is 0 Å². The lowest BCUT2D eigenvalue weighted by Crippen LogP contribution is -2.34. The van der Waals surface area contributed by atoms with Gasteiger partial charge < -0.3 is 5.32 Å². The first-order chi connectivity index (χ1) is 10.3. The van der Waals surface area contributed by atoms with E-state index in [0.29, 0.717) is 26.5 Å². The summed E-state index contributed by atoms with van der Waals surface area (Å²) in [6, 6.07) is 3.34. The molecule has 1 saturated carbocycles. The normalized spacial score (nSPS) is 17.0. The molecule has 0 spiro atoms. The SMILES string of the molecule is CC(C)CCC1(C(=O)Nc2cc(Cl)c(Cl)cc2S)CCCC1. The van der Waals surface area contributed by atoms with Crippen LogP contribution < -0.4 is 5.32 Å².